The minimum atomic E-state index is -0.762. The average Bonchev–Trinajstić information content (AvgIpc) is 3.24. The van der Waals surface area contributed by atoms with Crippen LogP contribution in [-0.2, 0) is 28.6 Å². The van der Waals surface area contributed by atoms with Gasteiger partial charge in [-0.3, -0.25) is 14.4 Å². The molecule has 0 amide bonds. The number of ether oxygens (including phenoxy) is 3. The Morgan fingerprint density at radius 1 is 0.317 bits per heavy atom. The molecule has 0 aromatic heterocycles. The fourth-order valence-electron chi connectivity index (χ4n) is 7.97. The Bertz CT molecular complexity index is 931. The van der Waals surface area contributed by atoms with Gasteiger partial charge in [-0.25, -0.2) is 0 Å². The Hall–Kier alpha value is -1.85. The summed E-state index contributed by atoms with van der Waals surface area (Å²) < 4.78 is 16.7. The van der Waals surface area contributed by atoms with Crippen molar-refractivity contribution in [2.45, 2.75) is 303 Å². The zero-order valence-electron chi connectivity index (χ0n) is 40.5. The number of hydrogen-bond acceptors (Lipinski definition) is 6. The van der Waals surface area contributed by atoms with Crippen molar-refractivity contribution < 1.29 is 28.6 Å². The zero-order chi connectivity index (χ0) is 43.7. The highest BCUT2D eigenvalue weighted by Gasteiger charge is 2.19. The fourth-order valence-corrected chi connectivity index (χ4v) is 7.97. The summed E-state index contributed by atoms with van der Waals surface area (Å²) in [6.07, 6.45) is 55.2. The molecule has 1 atom stereocenters. The largest absolute Gasteiger partial charge is 0.462 e. The van der Waals surface area contributed by atoms with Crippen LogP contribution in [0.5, 0.6) is 0 Å². The molecule has 0 radical (unpaired) electrons. The molecule has 0 aliphatic heterocycles. The fraction of sp³-hybridized carbons (Fsp3) is 0.907. The van der Waals surface area contributed by atoms with Crippen molar-refractivity contribution in [3.8, 4) is 0 Å². The van der Waals surface area contributed by atoms with Crippen LogP contribution in [0.15, 0.2) is 12.2 Å². The second-order valence-electron chi connectivity index (χ2n) is 18.2. The van der Waals surface area contributed by atoms with E-state index in [-0.39, 0.29) is 31.1 Å². The summed E-state index contributed by atoms with van der Waals surface area (Å²) in [6.45, 7) is 6.59. The molecule has 6 nitrogen and oxygen atoms in total. The molecule has 0 saturated carbocycles. The SMILES string of the molecule is CCCCCCCCCC/C=C\CCCCCCCCCCCC(=O)OCC(COC(=O)CCCCCCC)OC(=O)CCCCCCCCCCCCCCCCCC. The lowest BCUT2D eigenvalue weighted by molar-refractivity contribution is -0.167. The predicted octanol–water partition coefficient (Wildman–Crippen LogP) is 17.4. The van der Waals surface area contributed by atoms with E-state index in [1.165, 1.54) is 193 Å². The zero-order valence-corrected chi connectivity index (χ0v) is 40.5. The van der Waals surface area contributed by atoms with Gasteiger partial charge in [-0.2, -0.15) is 0 Å². The maximum absolute atomic E-state index is 12.7. The molecule has 0 aromatic rings. The predicted molar refractivity (Wildman–Crippen MR) is 256 cm³/mol. The lowest BCUT2D eigenvalue weighted by atomic mass is 10.0. The Kier molecular flexibility index (Phi) is 48.3. The van der Waals surface area contributed by atoms with Crippen molar-refractivity contribution in [2.75, 3.05) is 13.2 Å². The van der Waals surface area contributed by atoms with Gasteiger partial charge in [-0.05, 0) is 44.9 Å². The maximum Gasteiger partial charge on any atom is 0.306 e. The molecular weight excluding hydrogens is 745 g/mol. The van der Waals surface area contributed by atoms with Crippen molar-refractivity contribution in [3.05, 3.63) is 12.2 Å². The minimum absolute atomic E-state index is 0.0671. The highest BCUT2D eigenvalue weighted by atomic mass is 16.6. The highest BCUT2D eigenvalue weighted by Crippen LogP contribution is 2.16. The standard InChI is InChI=1S/C54H102O6/c1-4-7-10-13-15-17-19-21-23-25-26-27-28-29-31-32-34-36-38-41-44-47-53(56)59-50-51(49-58-52(55)46-43-40-12-9-6-3)60-54(57)48-45-42-39-37-35-33-30-24-22-20-18-16-14-11-8-5-2/h25-26,51H,4-24,27-50H2,1-3H3/b26-25-. The number of hydrogen-bond donors (Lipinski definition) is 0. The van der Waals surface area contributed by atoms with Crippen molar-refractivity contribution in [2.24, 2.45) is 0 Å². The van der Waals surface area contributed by atoms with Gasteiger partial charge in [0.15, 0.2) is 6.10 Å². The van der Waals surface area contributed by atoms with E-state index in [9.17, 15) is 14.4 Å². The topological polar surface area (TPSA) is 78.9 Å². The van der Waals surface area contributed by atoms with Gasteiger partial charge >= 0.3 is 17.9 Å². The molecule has 0 aromatic carbocycles. The van der Waals surface area contributed by atoms with E-state index in [0.717, 1.165) is 64.2 Å². The van der Waals surface area contributed by atoms with Crippen LogP contribution < -0.4 is 0 Å². The second kappa shape index (κ2) is 49.8. The van der Waals surface area contributed by atoms with Gasteiger partial charge in [0, 0.05) is 19.3 Å². The minimum Gasteiger partial charge on any atom is -0.462 e. The molecule has 0 rings (SSSR count). The van der Waals surface area contributed by atoms with Gasteiger partial charge in [-0.15, -0.1) is 0 Å². The van der Waals surface area contributed by atoms with Crippen molar-refractivity contribution in [1.82, 2.24) is 0 Å². The molecule has 0 saturated heterocycles. The number of carbonyl (C=O) groups excluding carboxylic acids is 3. The first-order valence-electron chi connectivity index (χ1n) is 26.7. The molecule has 0 heterocycles. The van der Waals surface area contributed by atoms with Crippen molar-refractivity contribution in [3.63, 3.8) is 0 Å². The van der Waals surface area contributed by atoms with E-state index in [4.69, 9.17) is 14.2 Å². The van der Waals surface area contributed by atoms with Crippen molar-refractivity contribution in [1.29, 1.82) is 0 Å². The first kappa shape index (κ1) is 58.1. The molecule has 0 aliphatic carbocycles. The normalized spacial score (nSPS) is 12.0. The summed E-state index contributed by atoms with van der Waals surface area (Å²) in [5.74, 6) is -0.866. The van der Waals surface area contributed by atoms with Crippen LogP contribution in [0.25, 0.3) is 0 Å². The quantitative estimate of drug-likeness (QED) is 0.0263. The average molecular weight is 847 g/mol. The Labute approximate surface area is 373 Å². The third-order valence-electron chi connectivity index (χ3n) is 12.0. The molecule has 6 heteroatoms. The lowest BCUT2D eigenvalue weighted by Crippen LogP contribution is -2.30. The van der Waals surface area contributed by atoms with Gasteiger partial charge in [0.25, 0.3) is 0 Å². The van der Waals surface area contributed by atoms with Crippen LogP contribution in [0.2, 0.25) is 0 Å². The summed E-state index contributed by atoms with van der Waals surface area (Å²) in [4.78, 5) is 37.7. The van der Waals surface area contributed by atoms with Crippen LogP contribution in [0.1, 0.15) is 297 Å². The van der Waals surface area contributed by atoms with Crippen LogP contribution in [-0.4, -0.2) is 37.2 Å². The molecule has 0 N–H and O–H groups in total. The Morgan fingerprint density at radius 3 is 0.833 bits per heavy atom. The lowest BCUT2D eigenvalue weighted by Gasteiger charge is -2.18. The Balaban J connectivity index is 4.08. The highest BCUT2D eigenvalue weighted by molar-refractivity contribution is 5.71. The molecule has 1 unspecified atom stereocenters. The van der Waals surface area contributed by atoms with E-state index >= 15 is 0 Å². The van der Waals surface area contributed by atoms with Crippen LogP contribution in [0.3, 0.4) is 0 Å². The Morgan fingerprint density at radius 2 is 0.550 bits per heavy atom. The number of carbonyl (C=O) groups is 3. The van der Waals surface area contributed by atoms with E-state index in [2.05, 4.69) is 32.9 Å². The third-order valence-corrected chi connectivity index (χ3v) is 12.0. The molecule has 0 fully saturated rings. The molecule has 354 valence electrons. The molecule has 60 heavy (non-hydrogen) atoms. The van der Waals surface area contributed by atoms with Crippen molar-refractivity contribution >= 4 is 17.9 Å². The summed E-state index contributed by atoms with van der Waals surface area (Å²) in [5, 5.41) is 0. The number of esters is 3. The maximum atomic E-state index is 12.7. The second-order valence-corrected chi connectivity index (χ2v) is 18.2. The molecule has 0 aliphatic rings. The van der Waals surface area contributed by atoms with Gasteiger partial charge < -0.3 is 14.2 Å². The van der Waals surface area contributed by atoms with E-state index < -0.39 is 6.10 Å². The van der Waals surface area contributed by atoms with Crippen LogP contribution >= 0.6 is 0 Å². The van der Waals surface area contributed by atoms with Crippen LogP contribution in [0, 0.1) is 0 Å². The first-order valence-corrected chi connectivity index (χ1v) is 26.7. The van der Waals surface area contributed by atoms with E-state index in [0.29, 0.717) is 19.3 Å². The molecule has 0 bridgehead atoms. The summed E-state index contributed by atoms with van der Waals surface area (Å²) in [7, 11) is 0. The summed E-state index contributed by atoms with van der Waals surface area (Å²) in [5.41, 5.74) is 0. The van der Waals surface area contributed by atoms with Gasteiger partial charge in [0.1, 0.15) is 13.2 Å². The van der Waals surface area contributed by atoms with Crippen LogP contribution in [0.4, 0.5) is 0 Å². The van der Waals surface area contributed by atoms with E-state index in [1.807, 2.05) is 0 Å². The third kappa shape index (κ3) is 47.2. The summed E-state index contributed by atoms with van der Waals surface area (Å²) in [6, 6.07) is 0. The first-order chi connectivity index (χ1) is 29.5. The van der Waals surface area contributed by atoms with Gasteiger partial charge in [0.2, 0.25) is 0 Å². The summed E-state index contributed by atoms with van der Waals surface area (Å²) >= 11 is 0. The number of unbranched alkanes of at least 4 members (excludes halogenated alkanes) is 36. The van der Waals surface area contributed by atoms with E-state index in [1.54, 1.807) is 0 Å². The molecular formula is C54H102O6. The molecule has 0 spiro atoms. The van der Waals surface area contributed by atoms with Gasteiger partial charge in [-0.1, -0.05) is 245 Å². The number of rotatable bonds is 49. The number of allylic oxidation sites excluding steroid dienone is 2. The monoisotopic (exact) mass is 847 g/mol. The van der Waals surface area contributed by atoms with Gasteiger partial charge in [0.05, 0.1) is 0 Å². The smallest absolute Gasteiger partial charge is 0.306 e.